The van der Waals surface area contributed by atoms with Gasteiger partial charge in [-0.1, -0.05) is 12.2 Å². The van der Waals surface area contributed by atoms with E-state index in [1.54, 1.807) is 11.3 Å². The quantitative estimate of drug-likeness (QED) is 0.504. The second kappa shape index (κ2) is 8.12. The van der Waals surface area contributed by atoms with E-state index in [1.807, 2.05) is 0 Å². The van der Waals surface area contributed by atoms with E-state index in [-0.39, 0.29) is 0 Å². The van der Waals surface area contributed by atoms with Gasteiger partial charge in [0, 0.05) is 56.6 Å². The molecule has 0 aromatic carbocycles. The summed E-state index contributed by atoms with van der Waals surface area (Å²) in [5.41, 5.74) is 1.17. The fourth-order valence-electron chi connectivity index (χ4n) is 3.52. The summed E-state index contributed by atoms with van der Waals surface area (Å²) in [5, 5.41) is 4.62. The molecule has 1 saturated heterocycles. The molecule has 5 nitrogen and oxygen atoms in total. The van der Waals surface area contributed by atoms with Gasteiger partial charge < -0.3 is 10.2 Å². The maximum atomic E-state index is 4.88. The van der Waals surface area contributed by atoms with Crippen molar-refractivity contribution < 1.29 is 0 Å². The summed E-state index contributed by atoms with van der Waals surface area (Å²) in [4.78, 5) is 15.7. The summed E-state index contributed by atoms with van der Waals surface area (Å²) in [6.45, 7) is 12.5. The van der Waals surface area contributed by atoms with Crippen LogP contribution in [-0.2, 0) is 6.42 Å². The Morgan fingerprint density at radius 1 is 1.38 bits per heavy atom. The number of guanidine groups is 1. The smallest absolute Gasteiger partial charge is 0.193 e. The number of aliphatic imine (C=N–C) groups is 1. The third-order valence-electron chi connectivity index (χ3n) is 4.76. The Morgan fingerprint density at radius 2 is 2.17 bits per heavy atom. The lowest BCUT2D eigenvalue weighted by Crippen LogP contribution is -2.43. The van der Waals surface area contributed by atoms with E-state index in [0.29, 0.717) is 6.04 Å². The van der Waals surface area contributed by atoms with Crippen LogP contribution >= 0.6 is 11.3 Å². The Balaban J connectivity index is 1.56. The molecule has 1 unspecified atom stereocenters. The molecular formula is C18H29N5S. The molecule has 3 rings (SSSR count). The third kappa shape index (κ3) is 4.16. The second-order valence-electron chi connectivity index (χ2n) is 6.54. The molecule has 2 aliphatic rings. The Bertz CT molecular complexity index is 599. The molecule has 1 N–H and O–H groups in total. The molecule has 1 aromatic heterocycles. The Kier molecular flexibility index (Phi) is 5.89. The van der Waals surface area contributed by atoms with Crippen LogP contribution in [0.1, 0.15) is 28.9 Å². The van der Waals surface area contributed by atoms with Crippen LogP contribution in [0.2, 0.25) is 0 Å². The van der Waals surface area contributed by atoms with Crippen LogP contribution in [0.25, 0.3) is 0 Å². The van der Waals surface area contributed by atoms with E-state index in [0.717, 1.165) is 56.7 Å². The average molecular weight is 348 g/mol. The second-order valence-corrected chi connectivity index (χ2v) is 7.83. The van der Waals surface area contributed by atoms with Gasteiger partial charge in [-0.3, -0.25) is 9.89 Å². The predicted octanol–water partition coefficient (Wildman–Crippen LogP) is 2.21. The van der Waals surface area contributed by atoms with Gasteiger partial charge in [-0.05, 0) is 27.2 Å². The highest BCUT2D eigenvalue weighted by atomic mass is 32.1. The topological polar surface area (TPSA) is 43.8 Å². The Morgan fingerprint density at radius 3 is 2.83 bits per heavy atom. The van der Waals surface area contributed by atoms with Crippen molar-refractivity contribution in [3.8, 4) is 0 Å². The molecule has 1 aromatic rings. The van der Waals surface area contributed by atoms with Gasteiger partial charge >= 0.3 is 0 Å². The molecule has 0 bridgehead atoms. The molecule has 1 atom stereocenters. The third-order valence-corrected chi connectivity index (χ3v) is 5.89. The molecule has 2 aliphatic heterocycles. The van der Waals surface area contributed by atoms with Crippen molar-refractivity contribution in [2.24, 2.45) is 4.99 Å². The number of aryl methyl sites for hydroxylation is 2. The monoisotopic (exact) mass is 347 g/mol. The first-order chi connectivity index (χ1) is 11.7. The van der Waals surface area contributed by atoms with Crippen LogP contribution in [0, 0.1) is 13.8 Å². The van der Waals surface area contributed by atoms with E-state index in [1.165, 1.54) is 17.0 Å². The summed E-state index contributed by atoms with van der Waals surface area (Å²) in [6.07, 6.45) is 6.78. The van der Waals surface area contributed by atoms with Gasteiger partial charge in [0.25, 0.3) is 0 Å². The fourth-order valence-corrected chi connectivity index (χ4v) is 4.45. The summed E-state index contributed by atoms with van der Waals surface area (Å²) in [5.74, 6) is 1.08. The van der Waals surface area contributed by atoms with E-state index in [4.69, 9.17) is 4.99 Å². The maximum absolute atomic E-state index is 4.88. The van der Waals surface area contributed by atoms with Gasteiger partial charge in [-0.25, -0.2) is 4.98 Å². The summed E-state index contributed by atoms with van der Waals surface area (Å²) < 4.78 is 0. The summed E-state index contributed by atoms with van der Waals surface area (Å²) in [6, 6.07) is 0.662. The molecular weight excluding hydrogens is 318 g/mol. The van der Waals surface area contributed by atoms with Gasteiger partial charge in [-0.15, -0.1) is 11.3 Å². The number of nitrogens with one attached hydrogen (secondary N) is 1. The zero-order valence-electron chi connectivity index (χ0n) is 15.1. The van der Waals surface area contributed by atoms with Gasteiger partial charge in [0.05, 0.1) is 10.7 Å². The molecule has 0 spiro atoms. The number of nitrogens with zero attached hydrogens (tertiary/aromatic N) is 4. The molecule has 0 radical (unpaired) electrons. The van der Waals surface area contributed by atoms with Crippen LogP contribution < -0.4 is 5.32 Å². The van der Waals surface area contributed by atoms with Crippen molar-refractivity contribution in [1.29, 1.82) is 0 Å². The van der Waals surface area contributed by atoms with E-state index in [2.05, 4.69) is 53.0 Å². The Hall–Kier alpha value is -1.40. The van der Waals surface area contributed by atoms with Gasteiger partial charge in [0.1, 0.15) is 0 Å². The van der Waals surface area contributed by atoms with Crippen LogP contribution in [-0.4, -0.2) is 66.1 Å². The fraction of sp³-hybridized carbons (Fsp3) is 0.667. The number of hydrogen-bond donors (Lipinski definition) is 1. The van der Waals surface area contributed by atoms with Crippen molar-refractivity contribution in [2.75, 3.05) is 39.3 Å². The lowest BCUT2D eigenvalue weighted by atomic mass is 10.2. The number of aromatic nitrogens is 1. The van der Waals surface area contributed by atoms with E-state index < -0.39 is 0 Å². The molecule has 6 heteroatoms. The van der Waals surface area contributed by atoms with Gasteiger partial charge in [0.15, 0.2) is 5.96 Å². The predicted molar refractivity (Wildman–Crippen MR) is 102 cm³/mol. The van der Waals surface area contributed by atoms with E-state index >= 15 is 0 Å². The van der Waals surface area contributed by atoms with Gasteiger partial charge in [0.2, 0.25) is 0 Å². The lowest BCUT2D eigenvalue weighted by Gasteiger charge is -2.25. The lowest BCUT2D eigenvalue weighted by molar-refractivity contribution is 0.259. The molecule has 0 aliphatic carbocycles. The minimum atomic E-state index is 0.662. The van der Waals surface area contributed by atoms with Crippen LogP contribution in [0.15, 0.2) is 17.1 Å². The van der Waals surface area contributed by atoms with Crippen LogP contribution in [0.4, 0.5) is 0 Å². The van der Waals surface area contributed by atoms with Crippen molar-refractivity contribution in [1.82, 2.24) is 20.1 Å². The molecule has 0 saturated carbocycles. The van der Waals surface area contributed by atoms with E-state index in [9.17, 15) is 0 Å². The van der Waals surface area contributed by atoms with Crippen molar-refractivity contribution in [3.63, 3.8) is 0 Å². The average Bonchev–Trinajstić information content (AvgIpc) is 3.27. The summed E-state index contributed by atoms with van der Waals surface area (Å²) in [7, 11) is 0. The minimum absolute atomic E-state index is 0.662. The zero-order chi connectivity index (χ0) is 16.9. The van der Waals surface area contributed by atoms with Crippen molar-refractivity contribution in [2.45, 2.75) is 39.7 Å². The Labute approximate surface area is 149 Å². The summed E-state index contributed by atoms with van der Waals surface area (Å²) >= 11 is 1.80. The first-order valence-electron chi connectivity index (χ1n) is 9.02. The first-order valence-corrected chi connectivity index (χ1v) is 9.84. The normalized spacial score (nSPS) is 21.9. The highest BCUT2D eigenvalue weighted by Crippen LogP contribution is 2.19. The van der Waals surface area contributed by atoms with Crippen molar-refractivity contribution in [3.05, 3.63) is 27.7 Å². The molecule has 3 heterocycles. The van der Waals surface area contributed by atoms with Crippen LogP contribution in [0.3, 0.4) is 0 Å². The SMILES string of the molecule is CCNC(=NCCc1sc(C)nc1C)N1CCC(N2CC=CC2)C1. The van der Waals surface area contributed by atoms with Gasteiger partial charge in [-0.2, -0.15) is 0 Å². The zero-order valence-corrected chi connectivity index (χ0v) is 15.9. The number of thiazole rings is 1. The standard InChI is InChI=1S/C18H29N5S/c1-4-19-18(20-9-7-17-14(2)21-15(3)24-17)23-12-8-16(13-23)22-10-5-6-11-22/h5-6,16H,4,7-13H2,1-3H3,(H,19,20). The molecule has 24 heavy (non-hydrogen) atoms. The van der Waals surface area contributed by atoms with Crippen molar-refractivity contribution >= 4 is 17.3 Å². The first kappa shape index (κ1) is 17.4. The highest BCUT2D eigenvalue weighted by molar-refractivity contribution is 7.11. The minimum Gasteiger partial charge on any atom is -0.357 e. The number of rotatable bonds is 5. The highest BCUT2D eigenvalue weighted by Gasteiger charge is 2.29. The van der Waals surface area contributed by atoms with Crippen LogP contribution in [0.5, 0.6) is 0 Å². The molecule has 132 valence electrons. The maximum Gasteiger partial charge on any atom is 0.193 e. The molecule has 0 amide bonds. The largest absolute Gasteiger partial charge is 0.357 e. The number of hydrogen-bond acceptors (Lipinski definition) is 4. The molecule has 1 fully saturated rings. The number of likely N-dealkylation sites (tertiary alicyclic amines) is 1.